The molecule has 1 unspecified atom stereocenters. The summed E-state index contributed by atoms with van der Waals surface area (Å²) < 4.78 is 22.6. The van der Waals surface area contributed by atoms with Gasteiger partial charge in [0.1, 0.15) is 11.5 Å². The molecule has 2 fully saturated rings. The van der Waals surface area contributed by atoms with Gasteiger partial charge in [0, 0.05) is 69.6 Å². The maximum atomic E-state index is 13.5. The van der Waals surface area contributed by atoms with Gasteiger partial charge in [-0.15, -0.1) is 0 Å². The fraction of sp³-hybridized carbons (Fsp3) is 0.536. The third-order valence-corrected chi connectivity index (χ3v) is 6.91. The first kappa shape index (κ1) is 26.4. The van der Waals surface area contributed by atoms with E-state index in [1.807, 2.05) is 48.2 Å². The lowest BCUT2D eigenvalue weighted by atomic mass is 10.1. The van der Waals surface area contributed by atoms with Crippen molar-refractivity contribution >= 4 is 5.91 Å². The van der Waals surface area contributed by atoms with Crippen molar-refractivity contribution in [3.8, 4) is 11.5 Å². The van der Waals surface area contributed by atoms with Crippen molar-refractivity contribution in [1.29, 1.82) is 0 Å². The molecule has 0 radical (unpaired) electrons. The number of methoxy groups -OCH3 is 2. The van der Waals surface area contributed by atoms with Crippen molar-refractivity contribution in [1.82, 2.24) is 14.7 Å². The Morgan fingerprint density at radius 2 is 1.75 bits per heavy atom. The van der Waals surface area contributed by atoms with Gasteiger partial charge in [-0.3, -0.25) is 14.6 Å². The second kappa shape index (κ2) is 13.1. The van der Waals surface area contributed by atoms with Gasteiger partial charge in [0.05, 0.1) is 40.1 Å². The molecule has 1 atom stereocenters. The summed E-state index contributed by atoms with van der Waals surface area (Å²) in [4.78, 5) is 20.2. The van der Waals surface area contributed by atoms with Crippen LogP contribution in [0.2, 0.25) is 0 Å². The number of morpholine rings is 2. The van der Waals surface area contributed by atoms with Gasteiger partial charge in [0.2, 0.25) is 0 Å². The molecule has 196 valence electrons. The van der Waals surface area contributed by atoms with Gasteiger partial charge in [-0.25, -0.2) is 0 Å². The van der Waals surface area contributed by atoms with Crippen LogP contribution in [-0.4, -0.2) is 107 Å². The predicted molar refractivity (Wildman–Crippen MR) is 139 cm³/mol. The van der Waals surface area contributed by atoms with E-state index in [1.54, 1.807) is 14.2 Å². The molecule has 8 nitrogen and oxygen atoms in total. The van der Waals surface area contributed by atoms with Crippen LogP contribution in [-0.2, 0) is 16.0 Å². The summed E-state index contributed by atoms with van der Waals surface area (Å²) in [6, 6.07) is 13.8. The van der Waals surface area contributed by atoms with E-state index < -0.39 is 0 Å². The smallest absolute Gasteiger partial charge is 0.253 e. The standard InChI is InChI=1S/C28H39N3O5/c1-22-4-6-23(7-5-22)28(32)31(11-10-29-12-15-35-16-13-29)21-26-20-30(14-17-36-26)19-24-8-9-25(33-2)18-27(24)34-3/h4-9,18,26H,10-17,19-21H2,1-3H3. The van der Waals surface area contributed by atoms with E-state index >= 15 is 0 Å². The maximum Gasteiger partial charge on any atom is 0.253 e. The topological polar surface area (TPSA) is 63.7 Å². The van der Waals surface area contributed by atoms with Crippen molar-refractivity contribution in [2.24, 2.45) is 0 Å². The summed E-state index contributed by atoms with van der Waals surface area (Å²) in [5, 5.41) is 0. The minimum absolute atomic E-state index is 0.0536. The van der Waals surface area contributed by atoms with Gasteiger partial charge in [-0.05, 0) is 25.1 Å². The fourth-order valence-electron chi connectivity index (χ4n) is 4.75. The predicted octanol–water partition coefficient (Wildman–Crippen LogP) is 2.69. The minimum Gasteiger partial charge on any atom is -0.497 e. The van der Waals surface area contributed by atoms with E-state index in [0.717, 1.165) is 80.7 Å². The van der Waals surface area contributed by atoms with E-state index in [4.69, 9.17) is 18.9 Å². The Labute approximate surface area is 214 Å². The number of carbonyl (C=O) groups excluding carboxylic acids is 1. The molecule has 0 spiro atoms. The number of aryl methyl sites for hydroxylation is 1. The number of ether oxygens (including phenoxy) is 4. The lowest BCUT2D eigenvalue weighted by Crippen LogP contribution is -2.50. The van der Waals surface area contributed by atoms with Crippen LogP contribution in [0.15, 0.2) is 42.5 Å². The monoisotopic (exact) mass is 497 g/mol. The number of nitrogens with zero attached hydrogens (tertiary/aromatic N) is 3. The minimum atomic E-state index is -0.0536. The van der Waals surface area contributed by atoms with E-state index in [2.05, 4.69) is 15.9 Å². The van der Waals surface area contributed by atoms with E-state index in [-0.39, 0.29) is 12.0 Å². The summed E-state index contributed by atoms with van der Waals surface area (Å²) in [6.07, 6.45) is -0.0536. The van der Waals surface area contributed by atoms with Gasteiger partial charge >= 0.3 is 0 Å². The van der Waals surface area contributed by atoms with Crippen LogP contribution >= 0.6 is 0 Å². The summed E-state index contributed by atoms with van der Waals surface area (Å²) in [7, 11) is 3.34. The molecular formula is C28H39N3O5. The highest BCUT2D eigenvalue weighted by molar-refractivity contribution is 5.94. The molecular weight excluding hydrogens is 458 g/mol. The lowest BCUT2D eigenvalue weighted by molar-refractivity contribution is -0.0444. The zero-order valence-corrected chi connectivity index (χ0v) is 21.8. The first-order valence-corrected chi connectivity index (χ1v) is 12.8. The zero-order chi connectivity index (χ0) is 25.3. The van der Waals surface area contributed by atoms with E-state index in [1.165, 1.54) is 0 Å². The van der Waals surface area contributed by atoms with E-state index in [0.29, 0.717) is 19.7 Å². The molecule has 0 aromatic heterocycles. The van der Waals surface area contributed by atoms with Crippen molar-refractivity contribution in [2.75, 3.05) is 79.9 Å². The Morgan fingerprint density at radius 3 is 2.47 bits per heavy atom. The Balaban J connectivity index is 1.41. The number of rotatable bonds is 10. The second-order valence-electron chi connectivity index (χ2n) is 9.48. The lowest BCUT2D eigenvalue weighted by Gasteiger charge is -2.37. The molecule has 8 heteroatoms. The molecule has 2 heterocycles. The van der Waals surface area contributed by atoms with Crippen LogP contribution in [0.4, 0.5) is 0 Å². The Kier molecular flexibility index (Phi) is 9.58. The van der Waals surface area contributed by atoms with Crippen molar-refractivity contribution in [3.05, 3.63) is 59.2 Å². The number of benzene rings is 2. The summed E-state index contributed by atoms with van der Waals surface area (Å²) >= 11 is 0. The molecule has 2 aliphatic rings. The van der Waals surface area contributed by atoms with Crippen LogP contribution < -0.4 is 9.47 Å². The number of hydrogen-bond acceptors (Lipinski definition) is 7. The highest BCUT2D eigenvalue weighted by Crippen LogP contribution is 2.26. The van der Waals surface area contributed by atoms with Crippen LogP contribution in [0.5, 0.6) is 11.5 Å². The fourth-order valence-corrected chi connectivity index (χ4v) is 4.75. The third kappa shape index (κ3) is 7.20. The SMILES string of the molecule is COc1ccc(CN2CCOC(CN(CCN3CCOCC3)C(=O)c3ccc(C)cc3)C2)c(OC)c1. The molecule has 36 heavy (non-hydrogen) atoms. The number of amides is 1. The quantitative estimate of drug-likeness (QED) is 0.500. The number of carbonyl (C=O) groups is 1. The number of hydrogen-bond donors (Lipinski definition) is 0. The molecule has 4 rings (SSSR count). The largest absolute Gasteiger partial charge is 0.497 e. The van der Waals surface area contributed by atoms with Crippen LogP contribution in [0.3, 0.4) is 0 Å². The molecule has 0 bridgehead atoms. The average molecular weight is 498 g/mol. The first-order valence-electron chi connectivity index (χ1n) is 12.8. The van der Waals surface area contributed by atoms with Crippen molar-refractivity contribution in [2.45, 2.75) is 19.6 Å². The van der Waals surface area contributed by atoms with Crippen LogP contribution in [0, 0.1) is 6.92 Å². The van der Waals surface area contributed by atoms with Gasteiger partial charge < -0.3 is 23.8 Å². The Hall–Kier alpha value is -2.65. The van der Waals surface area contributed by atoms with Gasteiger partial charge in [-0.2, -0.15) is 0 Å². The summed E-state index contributed by atoms with van der Waals surface area (Å²) in [5.74, 6) is 1.65. The molecule has 2 aliphatic heterocycles. The second-order valence-corrected chi connectivity index (χ2v) is 9.48. The highest BCUT2D eigenvalue weighted by Gasteiger charge is 2.27. The van der Waals surface area contributed by atoms with E-state index in [9.17, 15) is 4.79 Å². The molecule has 2 aromatic rings. The molecule has 2 saturated heterocycles. The third-order valence-electron chi connectivity index (χ3n) is 6.91. The first-order chi connectivity index (χ1) is 17.6. The highest BCUT2D eigenvalue weighted by atomic mass is 16.5. The average Bonchev–Trinajstić information content (AvgIpc) is 2.92. The maximum absolute atomic E-state index is 13.5. The van der Waals surface area contributed by atoms with Gasteiger partial charge in [-0.1, -0.05) is 23.8 Å². The van der Waals surface area contributed by atoms with Crippen molar-refractivity contribution < 1.29 is 23.7 Å². The van der Waals surface area contributed by atoms with Crippen LogP contribution in [0.25, 0.3) is 0 Å². The Bertz CT molecular complexity index is 978. The summed E-state index contributed by atoms with van der Waals surface area (Å²) in [5.41, 5.74) is 2.98. The molecule has 0 aliphatic carbocycles. The van der Waals surface area contributed by atoms with Gasteiger partial charge in [0.15, 0.2) is 0 Å². The van der Waals surface area contributed by atoms with Gasteiger partial charge in [0.25, 0.3) is 5.91 Å². The molecule has 0 saturated carbocycles. The van der Waals surface area contributed by atoms with Crippen LogP contribution in [0.1, 0.15) is 21.5 Å². The molecule has 1 amide bonds. The molecule has 2 aromatic carbocycles. The zero-order valence-electron chi connectivity index (χ0n) is 21.8. The van der Waals surface area contributed by atoms with Crippen molar-refractivity contribution in [3.63, 3.8) is 0 Å². The molecule has 0 N–H and O–H groups in total. The normalized spacial score (nSPS) is 19.1. The Morgan fingerprint density at radius 1 is 1.00 bits per heavy atom. The summed E-state index contributed by atoms with van der Waals surface area (Å²) in [6.45, 7) is 10.4.